The number of aryl methyl sites for hydroxylation is 1. The fourth-order valence-electron chi connectivity index (χ4n) is 1.11. The zero-order valence-electron chi connectivity index (χ0n) is 8.29. The maximum atomic E-state index is 5.49. The van der Waals surface area contributed by atoms with E-state index in [1.165, 1.54) is 27.7 Å². The molecular formula is C9H11N5S. The lowest BCUT2D eigenvalue weighted by atomic mass is 10.2. The Bertz CT molecular complexity index is 436. The van der Waals surface area contributed by atoms with Crippen LogP contribution < -0.4 is 5.84 Å². The second-order valence-electron chi connectivity index (χ2n) is 3.18. The van der Waals surface area contributed by atoms with Gasteiger partial charge in [0, 0.05) is 5.75 Å². The lowest BCUT2D eigenvalue weighted by molar-refractivity contribution is 0.716. The maximum absolute atomic E-state index is 5.49. The Morgan fingerprint density at radius 3 is 2.67 bits per heavy atom. The highest BCUT2D eigenvalue weighted by atomic mass is 32.2. The standard InChI is InChI=1S/C9H11N5S/c1-7-2-4-8(5-3-7)6-15-9-11-12-13-14(9)10/h2-5H,6,10H2,1H3. The van der Waals surface area contributed by atoms with E-state index < -0.39 is 0 Å². The Balaban J connectivity index is 1.99. The summed E-state index contributed by atoms with van der Waals surface area (Å²) in [6.45, 7) is 2.07. The lowest BCUT2D eigenvalue weighted by Gasteiger charge is -2.00. The van der Waals surface area contributed by atoms with Crippen LogP contribution in [0.1, 0.15) is 11.1 Å². The first-order chi connectivity index (χ1) is 7.25. The molecule has 2 aromatic rings. The summed E-state index contributed by atoms with van der Waals surface area (Å²) in [5.74, 6) is 6.31. The monoisotopic (exact) mass is 221 g/mol. The zero-order valence-corrected chi connectivity index (χ0v) is 9.11. The number of rotatable bonds is 3. The van der Waals surface area contributed by atoms with E-state index in [1.807, 2.05) is 0 Å². The second-order valence-corrected chi connectivity index (χ2v) is 4.12. The first kappa shape index (κ1) is 9.97. The summed E-state index contributed by atoms with van der Waals surface area (Å²) in [6, 6.07) is 8.35. The highest BCUT2D eigenvalue weighted by molar-refractivity contribution is 7.98. The second kappa shape index (κ2) is 4.31. The smallest absolute Gasteiger partial charge is 0.230 e. The molecule has 0 aliphatic rings. The number of nitrogens with zero attached hydrogens (tertiary/aromatic N) is 4. The summed E-state index contributed by atoms with van der Waals surface area (Å²) < 4.78 is 0. The first-order valence-corrected chi connectivity index (χ1v) is 5.46. The number of tetrazole rings is 1. The summed E-state index contributed by atoms with van der Waals surface area (Å²) >= 11 is 1.51. The van der Waals surface area contributed by atoms with Crippen molar-refractivity contribution in [3.63, 3.8) is 0 Å². The fourth-order valence-corrected chi connectivity index (χ4v) is 1.86. The van der Waals surface area contributed by atoms with Crippen LogP contribution in [0.15, 0.2) is 29.4 Å². The van der Waals surface area contributed by atoms with E-state index in [2.05, 4.69) is 46.7 Å². The van der Waals surface area contributed by atoms with Crippen LogP contribution in [0, 0.1) is 6.92 Å². The molecule has 1 heterocycles. The van der Waals surface area contributed by atoms with Gasteiger partial charge in [0.15, 0.2) is 0 Å². The molecule has 0 saturated heterocycles. The van der Waals surface area contributed by atoms with E-state index >= 15 is 0 Å². The van der Waals surface area contributed by atoms with Crippen LogP contribution in [0.2, 0.25) is 0 Å². The highest BCUT2D eigenvalue weighted by Crippen LogP contribution is 2.18. The summed E-state index contributed by atoms with van der Waals surface area (Å²) in [6.07, 6.45) is 0. The summed E-state index contributed by atoms with van der Waals surface area (Å²) in [4.78, 5) is 1.18. The molecule has 0 radical (unpaired) electrons. The number of nitrogens with two attached hydrogens (primary N) is 1. The summed E-state index contributed by atoms with van der Waals surface area (Å²) in [5, 5.41) is 11.4. The highest BCUT2D eigenvalue weighted by Gasteiger charge is 2.03. The molecule has 0 spiro atoms. The van der Waals surface area contributed by atoms with E-state index in [0.29, 0.717) is 5.16 Å². The molecular weight excluding hydrogens is 210 g/mol. The van der Waals surface area contributed by atoms with Gasteiger partial charge in [0.1, 0.15) is 0 Å². The van der Waals surface area contributed by atoms with Crippen LogP contribution in [0.3, 0.4) is 0 Å². The van der Waals surface area contributed by atoms with Gasteiger partial charge in [-0.15, -0.1) is 4.79 Å². The van der Waals surface area contributed by atoms with Crippen molar-refractivity contribution >= 4 is 11.8 Å². The topological polar surface area (TPSA) is 69.6 Å². The van der Waals surface area contributed by atoms with Crippen molar-refractivity contribution in [3.05, 3.63) is 35.4 Å². The third kappa shape index (κ3) is 2.47. The Hall–Kier alpha value is -1.56. The molecule has 15 heavy (non-hydrogen) atoms. The molecule has 0 amide bonds. The number of aromatic nitrogens is 4. The SMILES string of the molecule is Cc1ccc(CSc2nnnn2N)cc1. The predicted octanol–water partition coefficient (Wildman–Crippen LogP) is 0.988. The molecule has 2 N–H and O–H groups in total. The number of hydrogen-bond donors (Lipinski definition) is 1. The molecule has 1 aromatic heterocycles. The van der Waals surface area contributed by atoms with Crippen molar-refractivity contribution in [1.82, 2.24) is 20.3 Å². The van der Waals surface area contributed by atoms with Crippen LogP contribution in [0.4, 0.5) is 0 Å². The van der Waals surface area contributed by atoms with Gasteiger partial charge in [-0.3, -0.25) is 0 Å². The Kier molecular flexibility index (Phi) is 2.86. The molecule has 0 atom stereocenters. The minimum Gasteiger partial charge on any atom is -0.319 e. The van der Waals surface area contributed by atoms with Crippen LogP contribution in [0.5, 0.6) is 0 Å². The van der Waals surface area contributed by atoms with E-state index in [4.69, 9.17) is 5.84 Å². The van der Waals surface area contributed by atoms with Gasteiger partial charge in [0.25, 0.3) is 0 Å². The van der Waals surface area contributed by atoms with Crippen LogP contribution in [0.25, 0.3) is 0 Å². The third-order valence-electron chi connectivity index (χ3n) is 1.95. The predicted molar refractivity (Wildman–Crippen MR) is 58.7 cm³/mol. The number of benzene rings is 1. The molecule has 5 nitrogen and oxygen atoms in total. The number of hydrogen-bond acceptors (Lipinski definition) is 5. The number of nitrogen functional groups attached to an aromatic ring is 1. The largest absolute Gasteiger partial charge is 0.319 e. The molecule has 1 aromatic carbocycles. The van der Waals surface area contributed by atoms with Crippen molar-refractivity contribution in [3.8, 4) is 0 Å². The molecule has 0 fully saturated rings. The van der Waals surface area contributed by atoms with E-state index in [-0.39, 0.29) is 0 Å². The Labute approximate surface area is 91.6 Å². The lowest BCUT2D eigenvalue weighted by Crippen LogP contribution is -2.11. The van der Waals surface area contributed by atoms with Gasteiger partial charge in [-0.25, -0.2) is 0 Å². The molecule has 0 unspecified atom stereocenters. The minimum atomic E-state index is 0.621. The van der Waals surface area contributed by atoms with Crippen LogP contribution >= 0.6 is 11.8 Å². The van der Waals surface area contributed by atoms with Gasteiger partial charge in [-0.2, -0.15) is 0 Å². The molecule has 0 saturated carbocycles. The fraction of sp³-hybridized carbons (Fsp3) is 0.222. The van der Waals surface area contributed by atoms with Crippen LogP contribution in [-0.4, -0.2) is 20.3 Å². The van der Waals surface area contributed by atoms with E-state index in [0.717, 1.165) is 5.75 Å². The van der Waals surface area contributed by atoms with Gasteiger partial charge >= 0.3 is 0 Å². The molecule has 0 aliphatic heterocycles. The van der Waals surface area contributed by atoms with Crippen molar-refractivity contribution in [2.24, 2.45) is 0 Å². The van der Waals surface area contributed by atoms with Crippen molar-refractivity contribution < 1.29 is 0 Å². The van der Waals surface area contributed by atoms with Gasteiger partial charge in [0.05, 0.1) is 0 Å². The van der Waals surface area contributed by atoms with Gasteiger partial charge in [0.2, 0.25) is 5.16 Å². The molecule has 2 rings (SSSR count). The van der Waals surface area contributed by atoms with Gasteiger partial charge in [-0.1, -0.05) is 46.7 Å². The van der Waals surface area contributed by atoms with Crippen molar-refractivity contribution in [2.75, 3.05) is 5.84 Å². The van der Waals surface area contributed by atoms with E-state index in [9.17, 15) is 0 Å². The van der Waals surface area contributed by atoms with Gasteiger partial charge < -0.3 is 5.84 Å². The Morgan fingerprint density at radius 1 is 1.33 bits per heavy atom. The third-order valence-corrected chi connectivity index (χ3v) is 2.96. The normalized spacial score (nSPS) is 10.5. The maximum Gasteiger partial charge on any atom is 0.230 e. The summed E-state index contributed by atoms with van der Waals surface area (Å²) in [5.41, 5.74) is 2.49. The average Bonchev–Trinajstić information content (AvgIpc) is 2.63. The van der Waals surface area contributed by atoms with E-state index in [1.54, 1.807) is 0 Å². The molecule has 0 aliphatic carbocycles. The molecule has 78 valence electrons. The summed E-state index contributed by atoms with van der Waals surface area (Å²) in [7, 11) is 0. The quantitative estimate of drug-likeness (QED) is 0.618. The Morgan fingerprint density at radius 2 is 2.07 bits per heavy atom. The average molecular weight is 221 g/mol. The van der Waals surface area contributed by atoms with Crippen LogP contribution in [-0.2, 0) is 5.75 Å². The molecule has 0 bridgehead atoms. The van der Waals surface area contributed by atoms with Crippen molar-refractivity contribution in [2.45, 2.75) is 17.8 Å². The zero-order chi connectivity index (χ0) is 10.7. The number of thioether (sulfide) groups is 1. The first-order valence-electron chi connectivity index (χ1n) is 4.47. The minimum absolute atomic E-state index is 0.621. The van der Waals surface area contributed by atoms with Gasteiger partial charge in [-0.05, 0) is 22.9 Å². The molecule has 6 heteroatoms. The van der Waals surface area contributed by atoms with Crippen molar-refractivity contribution in [1.29, 1.82) is 0 Å².